The third-order valence-corrected chi connectivity index (χ3v) is 5.96. The second kappa shape index (κ2) is 10.9. The molecule has 6 heteroatoms. The summed E-state index contributed by atoms with van der Waals surface area (Å²) in [5, 5.41) is 1.69. The molecule has 0 fully saturated rings. The van der Waals surface area contributed by atoms with E-state index in [4.69, 9.17) is 26.1 Å². The van der Waals surface area contributed by atoms with Gasteiger partial charge in [-0.05, 0) is 109 Å². The summed E-state index contributed by atoms with van der Waals surface area (Å²) >= 11 is 6.24. The van der Waals surface area contributed by atoms with Crippen molar-refractivity contribution in [2.45, 2.75) is 66.7 Å². The van der Waals surface area contributed by atoms with Gasteiger partial charge in [-0.2, -0.15) is 0 Å². The first-order valence-electron chi connectivity index (χ1n) is 12.3. The zero-order valence-electron chi connectivity index (χ0n) is 23.0. The summed E-state index contributed by atoms with van der Waals surface area (Å²) in [6.45, 7) is 14.5. The molecular weight excluding hydrogens is 472 g/mol. The van der Waals surface area contributed by atoms with Gasteiger partial charge in [0.25, 0.3) is 0 Å². The van der Waals surface area contributed by atoms with Gasteiger partial charge in [0.05, 0.1) is 22.2 Å². The molecule has 0 saturated heterocycles. The first kappa shape index (κ1) is 28.1. The van der Waals surface area contributed by atoms with Gasteiger partial charge in [0.1, 0.15) is 12.7 Å². The van der Waals surface area contributed by atoms with Gasteiger partial charge in [0.2, 0.25) is 0 Å². The molecule has 0 aliphatic rings. The summed E-state index contributed by atoms with van der Waals surface area (Å²) in [5.74, 6) is -0.258. The Morgan fingerprint density at radius 3 is 2.22 bits per heavy atom. The zero-order valence-corrected chi connectivity index (χ0v) is 23.8. The molecule has 3 aromatic rings. The van der Waals surface area contributed by atoms with Crippen LogP contribution in [0.4, 0.5) is 0 Å². The quantitative estimate of drug-likeness (QED) is 0.310. The van der Waals surface area contributed by atoms with Gasteiger partial charge in [0, 0.05) is 17.0 Å². The number of halogens is 1. The first-order valence-corrected chi connectivity index (χ1v) is 12.7. The lowest BCUT2D eigenvalue weighted by molar-refractivity contribution is -0.162. The van der Waals surface area contributed by atoms with Crippen LogP contribution in [-0.2, 0) is 20.8 Å². The normalized spacial score (nSPS) is 13.3. The molecule has 0 spiro atoms. The van der Waals surface area contributed by atoms with Crippen molar-refractivity contribution in [2.24, 2.45) is 5.41 Å². The van der Waals surface area contributed by atoms with Crippen LogP contribution in [0.2, 0.25) is 5.02 Å². The van der Waals surface area contributed by atoms with E-state index in [1.54, 1.807) is 0 Å². The number of ether oxygens (including phenoxy) is 2. The fourth-order valence-corrected chi connectivity index (χ4v) is 4.32. The van der Waals surface area contributed by atoms with Gasteiger partial charge in [-0.25, -0.2) is 0 Å². The van der Waals surface area contributed by atoms with Gasteiger partial charge in [-0.15, -0.1) is 0 Å². The topological polar surface area (TPSA) is 51.7 Å². The Morgan fingerprint density at radius 2 is 1.67 bits per heavy atom. The van der Waals surface area contributed by atoms with E-state index in [9.17, 15) is 4.79 Å². The molecule has 0 bridgehead atoms. The fourth-order valence-electron chi connectivity index (χ4n) is 4.19. The highest BCUT2D eigenvalue weighted by Gasteiger charge is 2.30. The number of benzene rings is 2. The molecule has 1 heterocycles. The monoisotopic (exact) mass is 510 g/mol. The molecule has 0 aliphatic heterocycles. The molecule has 36 heavy (non-hydrogen) atoms. The Kier molecular flexibility index (Phi) is 8.49. The SMILES string of the molecule is Cc1cc2nc(CN(C)C)ccc2c(-c2ccc(Cl)cc2)c1[C@@H](COC(=O)C(C)(C)C)OC(C)(C)C. The first-order chi connectivity index (χ1) is 16.7. The molecular formula is C30H39ClN2O3. The van der Waals surface area contributed by atoms with Crippen LogP contribution in [0, 0.1) is 12.3 Å². The minimum Gasteiger partial charge on any atom is -0.462 e. The molecule has 0 saturated carbocycles. The van der Waals surface area contributed by atoms with Crippen LogP contribution >= 0.6 is 11.6 Å². The Bertz CT molecular complexity index is 1220. The lowest BCUT2D eigenvalue weighted by atomic mass is 9.88. The molecule has 0 aliphatic carbocycles. The summed E-state index contributed by atoms with van der Waals surface area (Å²) in [4.78, 5) is 19.7. The molecule has 194 valence electrons. The van der Waals surface area contributed by atoms with Crippen molar-refractivity contribution >= 4 is 28.5 Å². The van der Waals surface area contributed by atoms with Crippen LogP contribution in [-0.4, -0.2) is 42.2 Å². The van der Waals surface area contributed by atoms with E-state index in [1.165, 1.54) is 0 Å². The lowest BCUT2D eigenvalue weighted by Crippen LogP contribution is -2.30. The maximum absolute atomic E-state index is 12.7. The van der Waals surface area contributed by atoms with E-state index in [1.807, 2.05) is 79.9 Å². The van der Waals surface area contributed by atoms with Gasteiger partial charge >= 0.3 is 5.97 Å². The Hall–Kier alpha value is -2.47. The van der Waals surface area contributed by atoms with E-state index >= 15 is 0 Å². The second-order valence-corrected chi connectivity index (χ2v) is 12.1. The van der Waals surface area contributed by atoms with Crippen LogP contribution in [0.3, 0.4) is 0 Å². The number of aromatic nitrogens is 1. The van der Waals surface area contributed by atoms with Crippen LogP contribution in [0.15, 0.2) is 42.5 Å². The van der Waals surface area contributed by atoms with Crippen LogP contribution in [0.1, 0.15) is 64.5 Å². The molecule has 1 aromatic heterocycles. The Labute approximate surface area is 220 Å². The fraction of sp³-hybridized carbons (Fsp3) is 0.467. The summed E-state index contributed by atoms with van der Waals surface area (Å²) in [7, 11) is 4.07. The van der Waals surface area contributed by atoms with Crippen molar-refractivity contribution in [2.75, 3.05) is 20.7 Å². The summed E-state index contributed by atoms with van der Waals surface area (Å²) in [6.07, 6.45) is -0.465. The lowest BCUT2D eigenvalue weighted by Gasteiger charge is -2.31. The Morgan fingerprint density at radius 1 is 1.03 bits per heavy atom. The van der Waals surface area contributed by atoms with Crippen molar-refractivity contribution in [3.63, 3.8) is 0 Å². The van der Waals surface area contributed by atoms with Gasteiger partial charge in [-0.1, -0.05) is 29.8 Å². The molecule has 0 amide bonds. The van der Waals surface area contributed by atoms with E-state index in [-0.39, 0.29) is 12.6 Å². The van der Waals surface area contributed by atoms with Crippen molar-refractivity contribution < 1.29 is 14.3 Å². The summed E-state index contributed by atoms with van der Waals surface area (Å²) in [5.41, 5.74) is 4.92. The zero-order chi connectivity index (χ0) is 26.8. The average Bonchev–Trinajstić information content (AvgIpc) is 2.74. The van der Waals surface area contributed by atoms with E-state index < -0.39 is 17.1 Å². The minimum absolute atomic E-state index is 0.118. The number of hydrogen-bond donors (Lipinski definition) is 0. The highest BCUT2D eigenvalue weighted by molar-refractivity contribution is 6.30. The highest BCUT2D eigenvalue weighted by Crippen LogP contribution is 2.40. The van der Waals surface area contributed by atoms with Crippen LogP contribution in [0.25, 0.3) is 22.0 Å². The third-order valence-electron chi connectivity index (χ3n) is 5.71. The van der Waals surface area contributed by atoms with Gasteiger partial charge in [-0.3, -0.25) is 9.78 Å². The maximum Gasteiger partial charge on any atom is 0.311 e. The number of esters is 1. The molecule has 3 rings (SSSR count). The molecule has 0 unspecified atom stereocenters. The highest BCUT2D eigenvalue weighted by atomic mass is 35.5. The number of carbonyl (C=O) groups is 1. The third kappa shape index (κ3) is 7.06. The molecule has 0 radical (unpaired) electrons. The Balaban J connectivity index is 2.25. The van der Waals surface area contributed by atoms with Crippen LogP contribution < -0.4 is 0 Å². The standard InChI is InChI=1S/C30H39ClN2O3/c1-19-16-24-23(15-14-22(32-24)17-33(8)9)27(20-10-12-21(31)13-11-20)26(19)25(36-30(5,6)7)18-35-28(34)29(2,3)4/h10-16,25H,17-18H2,1-9H3/t25-/m1/s1. The van der Waals surface area contributed by atoms with Gasteiger partial charge in [0.15, 0.2) is 0 Å². The summed E-state index contributed by atoms with van der Waals surface area (Å²) in [6, 6.07) is 14.1. The number of hydrogen-bond acceptors (Lipinski definition) is 5. The molecule has 0 N–H and O–H groups in total. The van der Waals surface area contributed by atoms with E-state index in [0.717, 1.165) is 45.4 Å². The number of pyridine rings is 1. The number of fused-ring (bicyclic) bond motifs is 1. The minimum atomic E-state index is -0.601. The number of carbonyl (C=O) groups excluding carboxylic acids is 1. The van der Waals surface area contributed by atoms with Crippen molar-refractivity contribution in [1.82, 2.24) is 9.88 Å². The number of nitrogens with zero attached hydrogens (tertiary/aromatic N) is 2. The predicted octanol–water partition coefficient (Wildman–Crippen LogP) is 7.37. The smallest absolute Gasteiger partial charge is 0.311 e. The van der Waals surface area contributed by atoms with Gasteiger partial charge < -0.3 is 14.4 Å². The van der Waals surface area contributed by atoms with Crippen molar-refractivity contribution in [3.8, 4) is 11.1 Å². The average molecular weight is 511 g/mol. The summed E-state index contributed by atoms with van der Waals surface area (Å²) < 4.78 is 12.4. The maximum atomic E-state index is 12.7. The molecule has 2 aromatic carbocycles. The van der Waals surface area contributed by atoms with E-state index in [2.05, 4.69) is 30.0 Å². The van der Waals surface area contributed by atoms with Crippen molar-refractivity contribution in [3.05, 3.63) is 64.3 Å². The molecule has 5 nitrogen and oxygen atoms in total. The predicted molar refractivity (Wildman–Crippen MR) is 148 cm³/mol. The van der Waals surface area contributed by atoms with Crippen molar-refractivity contribution in [1.29, 1.82) is 0 Å². The van der Waals surface area contributed by atoms with E-state index in [0.29, 0.717) is 5.02 Å². The molecule has 1 atom stereocenters. The largest absolute Gasteiger partial charge is 0.462 e. The second-order valence-electron chi connectivity index (χ2n) is 11.7. The van der Waals surface area contributed by atoms with Crippen LogP contribution in [0.5, 0.6) is 0 Å². The number of aryl methyl sites for hydroxylation is 1. The number of rotatable bonds is 7.